The molecule has 26 heavy (non-hydrogen) atoms. The van der Waals surface area contributed by atoms with Crippen LogP contribution in [0.1, 0.15) is 32.1 Å². The molecule has 0 aromatic heterocycles. The molecule has 3 heterocycles. The van der Waals surface area contributed by atoms with Crippen molar-refractivity contribution >= 4 is 17.7 Å². The Bertz CT molecular complexity index is 751. The lowest BCUT2D eigenvalue weighted by Crippen LogP contribution is -2.51. The molecule has 4 unspecified atom stereocenters. The minimum atomic E-state index is -0.436. The normalized spacial score (nSPS) is 31.5. The molecule has 0 bridgehead atoms. The number of hydrogen-bond acceptors (Lipinski definition) is 5. The fourth-order valence-corrected chi connectivity index (χ4v) is 5.09. The van der Waals surface area contributed by atoms with Crippen molar-refractivity contribution in [3.8, 4) is 11.5 Å². The minimum Gasteiger partial charge on any atom is -0.454 e. The first-order valence-corrected chi connectivity index (χ1v) is 9.34. The molecule has 7 nitrogen and oxygen atoms in total. The number of carbonyl (C=O) groups excluding carboxylic acids is 2. The van der Waals surface area contributed by atoms with Gasteiger partial charge in [0.2, 0.25) is 12.7 Å². The number of ether oxygens (including phenoxy) is 3. The molecule has 3 fully saturated rings. The smallest absolute Gasteiger partial charge is 0.411 e. The maximum atomic E-state index is 12.3. The zero-order valence-corrected chi connectivity index (χ0v) is 14.5. The summed E-state index contributed by atoms with van der Waals surface area (Å²) >= 11 is 0. The molecule has 7 heteroatoms. The maximum Gasteiger partial charge on any atom is 0.411 e. The molecule has 1 aromatic rings. The quantitative estimate of drug-likeness (QED) is 0.880. The summed E-state index contributed by atoms with van der Waals surface area (Å²) < 4.78 is 16.3. The number of hydrogen-bond donors (Lipinski definition) is 1. The predicted molar refractivity (Wildman–Crippen MR) is 92.0 cm³/mol. The van der Waals surface area contributed by atoms with Gasteiger partial charge in [0.1, 0.15) is 6.10 Å². The topological polar surface area (TPSA) is 77.1 Å². The van der Waals surface area contributed by atoms with E-state index in [0.29, 0.717) is 47.4 Å². The van der Waals surface area contributed by atoms with Crippen LogP contribution in [-0.2, 0) is 9.53 Å². The van der Waals surface area contributed by atoms with Crippen LogP contribution in [0, 0.1) is 11.8 Å². The van der Waals surface area contributed by atoms with Crippen LogP contribution in [0.3, 0.4) is 0 Å². The average molecular weight is 358 g/mol. The highest BCUT2D eigenvalue weighted by Gasteiger charge is 2.49. The highest BCUT2D eigenvalue weighted by molar-refractivity contribution is 5.85. The Hall–Kier alpha value is -2.44. The van der Waals surface area contributed by atoms with Gasteiger partial charge in [0.15, 0.2) is 11.5 Å². The molecule has 2 saturated heterocycles. The molecule has 4 atom stereocenters. The van der Waals surface area contributed by atoms with Gasteiger partial charge in [-0.1, -0.05) is 0 Å². The second-order valence-electron chi connectivity index (χ2n) is 7.62. The SMILES string of the molecule is O=C(Nc1ccc2c(c1)OCO2)OC1CC2CCC(=O)N3CCC(C1)C23. The second-order valence-corrected chi connectivity index (χ2v) is 7.62. The van der Waals surface area contributed by atoms with Gasteiger partial charge < -0.3 is 19.1 Å². The van der Waals surface area contributed by atoms with Crippen LogP contribution in [-0.4, -0.2) is 42.4 Å². The first-order chi connectivity index (χ1) is 12.7. The van der Waals surface area contributed by atoms with E-state index in [1.807, 2.05) is 0 Å². The average Bonchev–Trinajstić information content (AvgIpc) is 3.25. The van der Waals surface area contributed by atoms with Gasteiger partial charge in [0.25, 0.3) is 0 Å². The lowest BCUT2D eigenvalue weighted by atomic mass is 9.72. The van der Waals surface area contributed by atoms with Crippen LogP contribution in [0.5, 0.6) is 11.5 Å². The van der Waals surface area contributed by atoms with Gasteiger partial charge in [-0.25, -0.2) is 4.79 Å². The summed E-state index contributed by atoms with van der Waals surface area (Å²) in [6.45, 7) is 1.07. The van der Waals surface area contributed by atoms with Crippen molar-refractivity contribution in [1.82, 2.24) is 4.90 Å². The van der Waals surface area contributed by atoms with Crippen molar-refractivity contribution in [1.29, 1.82) is 0 Å². The van der Waals surface area contributed by atoms with E-state index in [4.69, 9.17) is 14.2 Å². The zero-order chi connectivity index (χ0) is 17.7. The standard InChI is InChI=1S/C19H22N2O5/c22-17-4-1-11-7-14(8-12-5-6-21(17)18(11)12)26-19(23)20-13-2-3-15-16(9-13)25-10-24-15/h2-3,9,11-12,14,18H,1,4-8,10H2,(H,20,23). The highest BCUT2D eigenvalue weighted by atomic mass is 16.7. The monoisotopic (exact) mass is 358 g/mol. The Balaban J connectivity index is 1.22. The fourth-order valence-electron chi connectivity index (χ4n) is 5.09. The molecule has 138 valence electrons. The Morgan fingerprint density at radius 2 is 1.96 bits per heavy atom. The number of fused-ring (bicyclic) bond motifs is 1. The highest BCUT2D eigenvalue weighted by Crippen LogP contribution is 2.45. The van der Waals surface area contributed by atoms with Crippen LogP contribution in [0.2, 0.25) is 0 Å². The molecule has 0 spiro atoms. The third kappa shape index (κ3) is 2.66. The molecule has 2 amide bonds. The zero-order valence-electron chi connectivity index (χ0n) is 14.5. The fraction of sp³-hybridized carbons (Fsp3) is 0.579. The molecular formula is C19H22N2O5. The van der Waals surface area contributed by atoms with Gasteiger partial charge in [-0.05, 0) is 49.7 Å². The molecular weight excluding hydrogens is 336 g/mol. The summed E-state index contributed by atoms with van der Waals surface area (Å²) in [7, 11) is 0. The van der Waals surface area contributed by atoms with Gasteiger partial charge >= 0.3 is 6.09 Å². The Labute approximate surface area is 151 Å². The summed E-state index contributed by atoms with van der Waals surface area (Å²) in [5.41, 5.74) is 0.628. The van der Waals surface area contributed by atoms with Gasteiger partial charge in [-0.2, -0.15) is 0 Å². The lowest BCUT2D eigenvalue weighted by molar-refractivity contribution is -0.139. The van der Waals surface area contributed by atoms with Crippen molar-refractivity contribution in [2.45, 2.75) is 44.2 Å². The Morgan fingerprint density at radius 3 is 2.85 bits per heavy atom. The Kier molecular flexibility index (Phi) is 3.69. The summed E-state index contributed by atoms with van der Waals surface area (Å²) in [5.74, 6) is 2.52. The molecule has 1 aliphatic carbocycles. The third-order valence-corrected chi connectivity index (χ3v) is 6.14. The van der Waals surface area contributed by atoms with E-state index in [1.165, 1.54) is 0 Å². The number of anilines is 1. The third-order valence-electron chi connectivity index (χ3n) is 6.14. The summed E-state index contributed by atoms with van der Waals surface area (Å²) in [6.07, 6.45) is 3.75. The van der Waals surface area contributed by atoms with Gasteiger partial charge in [-0.3, -0.25) is 10.1 Å². The van der Waals surface area contributed by atoms with E-state index < -0.39 is 6.09 Å². The van der Waals surface area contributed by atoms with Crippen molar-refractivity contribution in [3.05, 3.63) is 18.2 Å². The molecule has 4 aliphatic rings. The number of piperidine rings is 1. The van der Waals surface area contributed by atoms with E-state index in [-0.39, 0.29) is 12.9 Å². The van der Waals surface area contributed by atoms with E-state index in [0.717, 1.165) is 32.2 Å². The van der Waals surface area contributed by atoms with Crippen LogP contribution in [0.15, 0.2) is 18.2 Å². The van der Waals surface area contributed by atoms with Crippen LogP contribution in [0.25, 0.3) is 0 Å². The van der Waals surface area contributed by atoms with Crippen molar-refractivity contribution in [2.75, 3.05) is 18.7 Å². The van der Waals surface area contributed by atoms with Crippen molar-refractivity contribution in [3.63, 3.8) is 0 Å². The number of rotatable bonds is 2. The first kappa shape index (κ1) is 15.8. The molecule has 1 saturated carbocycles. The number of amides is 2. The molecule has 3 aliphatic heterocycles. The lowest BCUT2D eigenvalue weighted by Gasteiger charge is -2.44. The molecule has 1 N–H and O–H groups in total. The van der Waals surface area contributed by atoms with E-state index >= 15 is 0 Å². The largest absolute Gasteiger partial charge is 0.454 e. The second kappa shape index (κ2) is 6.07. The van der Waals surface area contributed by atoms with Gasteiger partial charge in [0, 0.05) is 30.8 Å². The first-order valence-electron chi connectivity index (χ1n) is 9.34. The van der Waals surface area contributed by atoms with Crippen LogP contribution < -0.4 is 14.8 Å². The summed E-state index contributed by atoms with van der Waals surface area (Å²) in [4.78, 5) is 26.5. The Morgan fingerprint density at radius 1 is 1.15 bits per heavy atom. The number of nitrogens with one attached hydrogen (secondary N) is 1. The van der Waals surface area contributed by atoms with E-state index in [1.54, 1.807) is 18.2 Å². The number of carbonyl (C=O) groups is 2. The maximum absolute atomic E-state index is 12.3. The molecule has 1 aromatic carbocycles. The van der Waals surface area contributed by atoms with Gasteiger partial charge in [-0.15, -0.1) is 0 Å². The predicted octanol–water partition coefficient (Wildman–Crippen LogP) is 2.75. The van der Waals surface area contributed by atoms with Crippen LogP contribution >= 0.6 is 0 Å². The number of nitrogens with zero attached hydrogens (tertiary/aromatic N) is 1. The molecule has 0 radical (unpaired) electrons. The number of benzene rings is 1. The minimum absolute atomic E-state index is 0.0802. The van der Waals surface area contributed by atoms with Gasteiger partial charge in [0.05, 0.1) is 0 Å². The van der Waals surface area contributed by atoms with Crippen molar-refractivity contribution in [2.24, 2.45) is 11.8 Å². The van der Waals surface area contributed by atoms with Crippen molar-refractivity contribution < 1.29 is 23.8 Å². The summed E-state index contributed by atoms with van der Waals surface area (Å²) in [5, 5.41) is 2.78. The van der Waals surface area contributed by atoms with E-state index in [9.17, 15) is 9.59 Å². The summed E-state index contributed by atoms with van der Waals surface area (Å²) in [6, 6.07) is 5.65. The molecule has 5 rings (SSSR count). The van der Waals surface area contributed by atoms with E-state index in [2.05, 4.69) is 10.2 Å². The van der Waals surface area contributed by atoms with Crippen LogP contribution in [0.4, 0.5) is 10.5 Å².